The zero-order chi connectivity index (χ0) is 12.6. The Labute approximate surface area is 102 Å². The molecule has 1 unspecified atom stereocenters. The number of nitrogens with zero attached hydrogens (tertiary/aromatic N) is 1. The summed E-state index contributed by atoms with van der Waals surface area (Å²) in [6.07, 6.45) is 2.44. The zero-order valence-electron chi connectivity index (χ0n) is 10.6. The molecule has 92 valence electrons. The molecule has 0 aliphatic heterocycles. The smallest absolute Gasteiger partial charge is 0.122 e. The molecule has 1 aliphatic carbocycles. The van der Waals surface area contributed by atoms with Gasteiger partial charge in [-0.1, -0.05) is 20.8 Å². The van der Waals surface area contributed by atoms with Crippen molar-refractivity contribution >= 4 is 5.69 Å². The summed E-state index contributed by atoms with van der Waals surface area (Å²) in [6, 6.07) is 3.42. The Morgan fingerprint density at radius 1 is 1.24 bits per heavy atom. The van der Waals surface area contributed by atoms with Crippen LogP contribution < -0.4 is 0 Å². The number of benzene rings is 1. The molecule has 1 atom stereocenters. The van der Waals surface area contributed by atoms with E-state index in [1.807, 2.05) is 13.8 Å². The molecule has 0 bridgehead atoms. The van der Waals surface area contributed by atoms with E-state index in [2.05, 4.69) is 12.1 Å². The van der Waals surface area contributed by atoms with E-state index in [-0.39, 0.29) is 5.92 Å². The van der Waals surface area contributed by atoms with Gasteiger partial charge in [-0.15, -0.1) is 4.91 Å². The van der Waals surface area contributed by atoms with Crippen LogP contribution in [-0.2, 0) is 0 Å². The molecule has 1 aromatic rings. The van der Waals surface area contributed by atoms with Gasteiger partial charge < -0.3 is 5.11 Å². The topological polar surface area (TPSA) is 49.7 Å². The van der Waals surface area contributed by atoms with Crippen LogP contribution in [0.1, 0.15) is 56.6 Å². The lowest BCUT2D eigenvalue weighted by molar-refractivity contribution is 0.449. The molecule has 1 fully saturated rings. The Balaban J connectivity index is 2.48. The summed E-state index contributed by atoms with van der Waals surface area (Å²) in [7, 11) is 0. The van der Waals surface area contributed by atoms with E-state index in [1.54, 1.807) is 12.1 Å². The third-order valence-corrected chi connectivity index (χ3v) is 3.70. The summed E-state index contributed by atoms with van der Waals surface area (Å²) < 4.78 is 0. The molecule has 0 saturated heterocycles. The summed E-state index contributed by atoms with van der Waals surface area (Å²) in [5.41, 5.74) is 2.13. The molecular formula is C14H19NO2. The molecule has 0 heterocycles. The third kappa shape index (κ3) is 2.33. The van der Waals surface area contributed by atoms with Gasteiger partial charge in [0.1, 0.15) is 11.4 Å². The Bertz CT molecular complexity index is 436. The standard InChI is InChI=1S/C14H19NO2/c1-8(2)12-6-11(15-17)7-13(14(12)16)9(3)10-4-5-10/h6-10,16H,4-5H2,1-3H3. The van der Waals surface area contributed by atoms with E-state index < -0.39 is 0 Å². The number of hydrogen-bond donors (Lipinski definition) is 1. The molecule has 1 saturated carbocycles. The monoisotopic (exact) mass is 233 g/mol. The molecule has 0 amide bonds. The second-order valence-corrected chi connectivity index (χ2v) is 5.34. The third-order valence-electron chi connectivity index (χ3n) is 3.70. The summed E-state index contributed by atoms with van der Waals surface area (Å²) in [4.78, 5) is 10.7. The molecule has 3 heteroatoms. The number of phenols is 1. The predicted molar refractivity (Wildman–Crippen MR) is 68.8 cm³/mol. The number of rotatable bonds is 4. The largest absolute Gasteiger partial charge is 0.507 e. The van der Waals surface area contributed by atoms with Crippen molar-refractivity contribution in [1.82, 2.24) is 0 Å². The van der Waals surface area contributed by atoms with Crippen LogP contribution in [0.2, 0.25) is 0 Å². The maximum atomic E-state index is 10.7. The first-order valence-corrected chi connectivity index (χ1v) is 6.24. The highest BCUT2D eigenvalue weighted by Crippen LogP contribution is 2.47. The number of phenolic OH excluding ortho intramolecular Hbond substituents is 1. The zero-order valence-corrected chi connectivity index (χ0v) is 10.6. The van der Waals surface area contributed by atoms with Crippen molar-refractivity contribution < 1.29 is 5.11 Å². The minimum absolute atomic E-state index is 0.196. The van der Waals surface area contributed by atoms with Crippen LogP contribution in [-0.4, -0.2) is 5.11 Å². The van der Waals surface area contributed by atoms with Gasteiger partial charge in [0.25, 0.3) is 0 Å². The van der Waals surface area contributed by atoms with Crippen molar-refractivity contribution in [3.63, 3.8) is 0 Å². The van der Waals surface area contributed by atoms with Gasteiger partial charge in [-0.25, -0.2) is 0 Å². The summed E-state index contributed by atoms with van der Waals surface area (Å²) in [6.45, 7) is 6.13. The maximum Gasteiger partial charge on any atom is 0.122 e. The average Bonchev–Trinajstić information content (AvgIpc) is 3.12. The van der Waals surface area contributed by atoms with Crippen LogP contribution in [0.4, 0.5) is 5.69 Å². The van der Waals surface area contributed by atoms with E-state index in [0.717, 1.165) is 11.1 Å². The first-order chi connectivity index (χ1) is 8.04. The van der Waals surface area contributed by atoms with Gasteiger partial charge >= 0.3 is 0 Å². The van der Waals surface area contributed by atoms with Gasteiger partial charge in [-0.3, -0.25) is 0 Å². The van der Waals surface area contributed by atoms with Crippen molar-refractivity contribution in [2.24, 2.45) is 11.1 Å². The first-order valence-electron chi connectivity index (χ1n) is 6.24. The lowest BCUT2D eigenvalue weighted by atomic mass is 9.90. The first kappa shape index (κ1) is 12.1. The maximum absolute atomic E-state index is 10.7. The fourth-order valence-electron chi connectivity index (χ4n) is 2.35. The Hall–Kier alpha value is -1.38. The molecule has 3 nitrogen and oxygen atoms in total. The quantitative estimate of drug-likeness (QED) is 0.782. The summed E-state index contributed by atoms with van der Waals surface area (Å²) in [5, 5.41) is 13.3. The normalized spacial score (nSPS) is 17.2. The van der Waals surface area contributed by atoms with Crippen molar-refractivity contribution in [3.05, 3.63) is 28.2 Å². The van der Waals surface area contributed by atoms with Crippen molar-refractivity contribution in [2.75, 3.05) is 0 Å². The Morgan fingerprint density at radius 3 is 2.29 bits per heavy atom. The van der Waals surface area contributed by atoms with Gasteiger partial charge in [0.15, 0.2) is 0 Å². The van der Waals surface area contributed by atoms with E-state index in [1.165, 1.54) is 12.8 Å². The predicted octanol–water partition coefficient (Wildman–Crippen LogP) is 4.43. The lowest BCUT2D eigenvalue weighted by Gasteiger charge is -2.17. The minimum Gasteiger partial charge on any atom is -0.507 e. The molecule has 1 N–H and O–H groups in total. The Morgan fingerprint density at radius 2 is 1.82 bits per heavy atom. The lowest BCUT2D eigenvalue weighted by Crippen LogP contribution is -1.99. The van der Waals surface area contributed by atoms with E-state index in [9.17, 15) is 10.0 Å². The Kier molecular flexibility index (Phi) is 3.18. The fourth-order valence-corrected chi connectivity index (χ4v) is 2.35. The highest BCUT2D eigenvalue weighted by molar-refractivity contribution is 5.54. The number of nitroso groups, excluding NO2 is 1. The highest BCUT2D eigenvalue weighted by Gasteiger charge is 2.31. The molecule has 1 aliphatic rings. The van der Waals surface area contributed by atoms with Gasteiger partial charge in [0.2, 0.25) is 0 Å². The fraction of sp³-hybridized carbons (Fsp3) is 0.571. The molecule has 0 aromatic heterocycles. The molecule has 0 spiro atoms. The highest BCUT2D eigenvalue weighted by atomic mass is 16.3. The molecule has 17 heavy (non-hydrogen) atoms. The second kappa shape index (κ2) is 4.47. The van der Waals surface area contributed by atoms with Gasteiger partial charge in [0, 0.05) is 0 Å². The van der Waals surface area contributed by atoms with Gasteiger partial charge in [0.05, 0.1) is 0 Å². The molecule has 0 radical (unpaired) electrons. The van der Waals surface area contributed by atoms with Crippen LogP contribution in [0.15, 0.2) is 17.3 Å². The number of aromatic hydroxyl groups is 1. The van der Waals surface area contributed by atoms with Gasteiger partial charge in [-0.05, 0) is 59.0 Å². The average molecular weight is 233 g/mol. The SMILES string of the molecule is CC(C)c1cc(N=O)cc(C(C)C2CC2)c1O. The van der Waals surface area contributed by atoms with Crippen LogP contribution in [0.5, 0.6) is 5.75 Å². The van der Waals surface area contributed by atoms with Crippen LogP contribution in [0, 0.1) is 10.8 Å². The minimum atomic E-state index is 0.196. The van der Waals surface area contributed by atoms with Gasteiger partial charge in [-0.2, -0.15) is 0 Å². The van der Waals surface area contributed by atoms with E-state index in [4.69, 9.17) is 0 Å². The summed E-state index contributed by atoms with van der Waals surface area (Å²) >= 11 is 0. The van der Waals surface area contributed by atoms with Crippen LogP contribution >= 0.6 is 0 Å². The van der Waals surface area contributed by atoms with Crippen molar-refractivity contribution in [2.45, 2.75) is 45.4 Å². The van der Waals surface area contributed by atoms with Crippen LogP contribution in [0.3, 0.4) is 0 Å². The second-order valence-electron chi connectivity index (χ2n) is 5.34. The number of hydrogen-bond acceptors (Lipinski definition) is 3. The van der Waals surface area contributed by atoms with E-state index >= 15 is 0 Å². The van der Waals surface area contributed by atoms with E-state index in [0.29, 0.717) is 23.3 Å². The molecule has 1 aromatic carbocycles. The van der Waals surface area contributed by atoms with Crippen molar-refractivity contribution in [3.8, 4) is 5.75 Å². The van der Waals surface area contributed by atoms with Crippen molar-refractivity contribution in [1.29, 1.82) is 0 Å². The summed E-state index contributed by atoms with van der Waals surface area (Å²) in [5.74, 6) is 1.52. The van der Waals surface area contributed by atoms with Crippen LogP contribution in [0.25, 0.3) is 0 Å². The molecular weight excluding hydrogens is 214 g/mol. The molecule has 2 rings (SSSR count).